The summed E-state index contributed by atoms with van der Waals surface area (Å²) >= 11 is 0. The van der Waals surface area contributed by atoms with Crippen LogP contribution in [0.4, 0.5) is 32.0 Å². The number of ether oxygens (including phenoxy) is 3. The van der Waals surface area contributed by atoms with Gasteiger partial charge in [-0.25, -0.2) is 0 Å². The van der Waals surface area contributed by atoms with Crippen molar-refractivity contribution in [2.24, 2.45) is 11.8 Å². The molecule has 6 nitrogen and oxygen atoms in total. The predicted octanol–water partition coefficient (Wildman–Crippen LogP) is 7.14. The van der Waals surface area contributed by atoms with Crippen molar-refractivity contribution in [2.75, 3.05) is 38.3 Å². The van der Waals surface area contributed by atoms with E-state index in [4.69, 9.17) is 9.47 Å². The molecule has 0 spiro atoms. The van der Waals surface area contributed by atoms with Gasteiger partial charge in [-0.05, 0) is 67.2 Å². The van der Waals surface area contributed by atoms with Crippen molar-refractivity contribution in [3.63, 3.8) is 0 Å². The first-order valence-electron chi connectivity index (χ1n) is 13.5. The van der Waals surface area contributed by atoms with E-state index in [1.807, 2.05) is 24.3 Å². The highest BCUT2D eigenvalue weighted by molar-refractivity contribution is 5.68. The van der Waals surface area contributed by atoms with Gasteiger partial charge in [0.25, 0.3) is 0 Å². The van der Waals surface area contributed by atoms with Gasteiger partial charge in [-0.1, -0.05) is 18.2 Å². The van der Waals surface area contributed by atoms with Crippen molar-refractivity contribution in [2.45, 2.75) is 56.5 Å². The lowest BCUT2D eigenvalue weighted by Crippen LogP contribution is -2.37. The Labute approximate surface area is 234 Å². The summed E-state index contributed by atoms with van der Waals surface area (Å²) in [5.74, 6) is 0.471. The molecular weight excluding hydrogens is 556 g/mol. The smallest absolute Gasteiger partial charge is 0.418 e. The van der Waals surface area contributed by atoms with Crippen LogP contribution in [0.25, 0.3) is 0 Å². The van der Waals surface area contributed by atoms with Gasteiger partial charge in [0.2, 0.25) is 0 Å². The first-order chi connectivity index (χ1) is 19.3. The number of alkyl halides is 6. The number of rotatable bonds is 12. The van der Waals surface area contributed by atoms with Crippen LogP contribution in [-0.4, -0.2) is 56.8 Å². The summed E-state index contributed by atoms with van der Waals surface area (Å²) in [6, 6.07) is 11.2. The van der Waals surface area contributed by atoms with Gasteiger partial charge >= 0.3 is 18.3 Å². The highest BCUT2D eigenvalue weighted by Crippen LogP contribution is 2.45. The van der Waals surface area contributed by atoms with Crippen LogP contribution < -0.4 is 14.4 Å². The summed E-state index contributed by atoms with van der Waals surface area (Å²) in [7, 11) is 1.35. The second-order valence-electron chi connectivity index (χ2n) is 10.6. The molecule has 4 rings (SSSR count). The number of anilines is 1. The summed E-state index contributed by atoms with van der Waals surface area (Å²) in [6.07, 6.45) is -9.47. The molecule has 1 heterocycles. The number of carboxylic acid groups (broad SMARTS) is 1. The minimum absolute atomic E-state index is 0.0583. The van der Waals surface area contributed by atoms with Crippen LogP contribution in [-0.2, 0) is 9.53 Å². The third kappa shape index (κ3) is 8.67. The number of halogens is 6. The van der Waals surface area contributed by atoms with Gasteiger partial charge in [0.15, 0.2) is 6.10 Å². The quantitative estimate of drug-likeness (QED) is 0.266. The molecule has 1 N–H and O–H groups in total. The SMILES string of the molecule is COc1ccc(C(OCC(F)(F)F)C(F)(F)F)c(N2CCC(COc3cccc(C(CC(=O)O)C4CC4)c3)CC2)c1. The van der Waals surface area contributed by atoms with E-state index >= 15 is 0 Å². The molecule has 0 amide bonds. The number of hydrogen-bond acceptors (Lipinski definition) is 5. The maximum atomic E-state index is 13.8. The minimum atomic E-state index is -5.06. The third-order valence-corrected chi connectivity index (χ3v) is 7.54. The molecule has 2 aromatic carbocycles. The fourth-order valence-corrected chi connectivity index (χ4v) is 5.32. The molecule has 0 aromatic heterocycles. The van der Waals surface area contributed by atoms with Crippen LogP contribution in [0.2, 0.25) is 0 Å². The molecule has 2 aliphatic rings. The number of nitrogens with zero attached hydrogens (tertiary/aromatic N) is 1. The van der Waals surface area contributed by atoms with Gasteiger partial charge in [-0.3, -0.25) is 4.79 Å². The molecule has 226 valence electrons. The number of carboxylic acids is 1. The lowest BCUT2D eigenvalue weighted by molar-refractivity contribution is -0.257. The number of piperidine rings is 1. The monoisotopic (exact) mass is 589 g/mol. The fraction of sp³-hybridized carbons (Fsp3) is 0.552. The molecule has 2 aromatic rings. The van der Waals surface area contributed by atoms with E-state index in [1.165, 1.54) is 19.2 Å². The van der Waals surface area contributed by atoms with E-state index in [1.54, 1.807) is 4.90 Å². The van der Waals surface area contributed by atoms with Crippen LogP contribution >= 0.6 is 0 Å². The molecule has 2 fully saturated rings. The Bertz CT molecular complexity index is 1180. The second-order valence-corrected chi connectivity index (χ2v) is 10.6. The Morgan fingerprint density at radius 3 is 2.29 bits per heavy atom. The van der Waals surface area contributed by atoms with Gasteiger partial charge in [0.05, 0.1) is 20.1 Å². The minimum Gasteiger partial charge on any atom is -0.497 e. The van der Waals surface area contributed by atoms with Crippen LogP contribution in [0.1, 0.15) is 55.3 Å². The molecule has 1 saturated heterocycles. The highest BCUT2D eigenvalue weighted by atomic mass is 19.4. The van der Waals surface area contributed by atoms with E-state index < -0.39 is 36.6 Å². The van der Waals surface area contributed by atoms with Crippen LogP contribution in [0.3, 0.4) is 0 Å². The maximum Gasteiger partial charge on any atom is 0.418 e. The zero-order chi connectivity index (χ0) is 29.8. The summed E-state index contributed by atoms with van der Waals surface area (Å²) in [5.41, 5.74) is 0.644. The Morgan fingerprint density at radius 2 is 1.71 bits per heavy atom. The topological polar surface area (TPSA) is 68.2 Å². The van der Waals surface area contributed by atoms with E-state index in [0.29, 0.717) is 44.2 Å². The summed E-state index contributed by atoms with van der Waals surface area (Å²) < 4.78 is 95.2. The number of carbonyl (C=O) groups is 1. The van der Waals surface area contributed by atoms with Gasteiger partial charge in [0, 0.05) is 30.4 Å². The molecule has 0 radical (unpaired) electrons. The molecule has 1 aliphatic heterocycles. The van der Waals surface area contributed by atoms with E-state index in [-0.39, 0.29) is 29.7 Å². The van der Waals surface area contributed by atoms with E-state index in [2.05, 4.69) is 4.74 Å². The Kier molecular flexibility index (Phi) is 9.61. The number of hydrogen-bond donors (Lipinski definition) is 1. The Morgan fingerprint density at radius 1 is 1.00 bits per heavy atom. The van der Waals surface area contributed by atoms with E-state index in [9.17, 15) is 36.2 Å². The molecule has 41 heavy (non-hydrogen) atoms. The molecule has 0 bridgehead atoms. The van der Waals surface area contributed by atoms with Crippen molar-refractivity contribution in [1.82, 2.24) is 0 Å². The zero-order valence-electron chi connectivity index (χ0n) is 22.5. The lowest BCUT2D eigenvalue weighted by Gasteiger charge is -2.36. The number of benzene rings is 2. The zero-order valence-corrected chi connectivity index (χ0v) is 22.5. The average Bonchev–Trinajstić information content (AvgIpc) is 3.75. The molecule has 2 atom stereocenters. The maximum absolute atomic E-state index is 13.8. The molecule has 1 saturated carbocycles. The molecule has 2 unspecified atom stereocenters. The first-order valence-corrected chi connectivity index (χ1v) is 13.5. The van der Waals surface area contributed by atoms with Crippen LogP contribution in [0.15, 0.2) is 42.5 Å². The van der Waals surface area contributed by atoms with Crippen LogP contribution in [0, 0.1) is 11.8 Å². The predicted molar refractivity (Wildman–Crippen MR) is 138 cm³/mol. The average molecular weight is 590 g/mol. The molecule has 1 aliphatic carbocycles. The van der Waals surface area contributed by atoms with Crippen molar-refractivity contribution >= 4 is 11.7 Å². The lowest BCUT2D eigenvalue weighted by atomic mass is 9.91. The van der Waals surface area contributed by atoms with Crippen molar-refractivity contribution in [1.29, 1.82) is 0 Å². The molecule has 12 heteroatoms. The third-order valence-electron chi connectivity index (χ3n) is 7.54. The Hall–Kier alpha value is -3.15. The van der Waals surface area contributed by atoms with Crippen molar-refractivity contribution in [3.8, 4) is 11.5 Å². The number of aliphatic carboxylic acids is 1. The van der Waals surface area contributed by atoms with Gasteiger partial charge in [0.1, 0.15) is 18.1 Å². The standard InChI is InChI=1S/C29H33F6NO5/c1-39-21-7-8-23(27(29(33,34)35)41-17-28(30,31)32)25(14-21)36-11-9-18(10-12-36)16-40-22-4-2-3-20(13-22)24(15-26(37)38)19-5-6-19/h2-4,7-8,13-14,18-19,24,27H,5-6,9-12,15-17H2,1H3,(H,37,38). The fourth-order valence-electron chi connectivity index (χ4n) is 5.32. The second kappa shape index (κ2) is 12.8. The van der Waals surface area contributed by atoms with Gasteiger partial charge < -0.3 is 24.2 Å². The highest BCUT2D eigenvalue weighted by Gasteiger charge is 2.46. The van der Waals surface area contributed by atoms with Gasteiger partial charge in [-0.15, -0.1) is 0 Å². The van der Waals surface area contributed by atoms with Gasteiger partial charge in [-0.2, -0.15) is 26.3 Å². The summed E-state index contributed by atoms with van der Waals surface area (Å²) in [5, 5.41) is 9.29. The first kappa shape index (κ1) is 30.8. The molecular formula is C29H33F6NO5. The van der Waals surface area contributed by atoms with E-state index in [0.717, 1.165) is 24.5 Å². The summed E-state index contributed by atoms with van der Waals surface area (Å²) in [6.45, 7) is -0.934. The van der Waals surface area contributed by atoms with Crippen molar-refractivity contribution < 1.29 is 50.5 Å². The largest absolute Gasteiger partial charge is 0.497 e. The Balaban J connectivity index is 1.41. The van der Waals surface area contributed by atoms with Crippen molar-refractivity contribution in [3.05, 3.63) is 53.6 Å². The summed E-state index contributed by atoms with van der Waals surface area (Å²) in [4.78, 5) is 13.0. The number of methoxy groups -OCH3 is 1. The van der Waals surface area contributed by atoms with Crippen LogP contribution in [0.5, 0.6) is 11.5 Å². The normalized spacial score (nSPS) is 18.2.